The van der Waals surface area contributed by atoms with Gasteiger partial charge in [0.25, 0.3) is 5.91 Å². The highest BCUT2D eigenvalue weighted by Gasteiger charge is 2.03. The fourth-order valence-electron chi connectivity index (χ4n) is 1.56. The summed E-state index contributed by atoms with van der Waals surface area (Å²) < 4.78 is 3.09. The molecule has 0 aromatic heterocycles. The molecule has 0 aliphatic rings. The molecule has 5 nitrogen and oxygen atoms in total. The maximum absolute atomic E-state index is 10.9. The van der Waals surface area contributed by atoms with Crippen LogP contribution in [0.2, 0.25) is 5.02 Å². The van der Waals surface area contributed by atoms with Crippen molar-refractivity contribution in [2.75, 3.05) is 4.72 Å². The summed E-state index contributed by atoms with van der Waals surface area (Å²) in [5.74, 6) is -0.476. The Balaban J connectivity index is 1.96. The van der Waals surface area contributed by atoms with Crippen molar-refractivity contribution >= 4 is 41.2 Å². The number of phenolic OH excluding ortho intramolecular Hbond substituents is 1. The zero-order valence-electron chi connectivity index (χ0n) is 11.3. The second-order valence-electron chi connectivity index (χ2n) is 4.25. The number of hydrogen-bond acceptors (Lipinski definition) is 5. The highest BCUT2D eigenvalue weighted by molar-refractivity contribution is 8.00. The van der Waals surface area contributed by atoms with Crippen molar-refractivity contribution in [3.8, 4) is 5.75 Å². The van der Waals surface area contributed by atoms with Crippen LogP contribution in [0.15, 0.2) is 53.4 Å². The number of hydrogen-bond donors (Lipinski definition) is 4. The SMILES string of the molecule is O=C(/C=C/c1ccc(NSc2ccc(Cl)cc2O)cc1)NO. The fourth-order valence-corrected chi connectivity index (χ4v) is 2.39. The van der Waals surface area contributed by atoms with E-state index < -0.39 is 5.91 Å². The fraction of sp³-hybridized carbons (Fsp3) is 0. The standard InChI is InChI=1S/C15H13ClN2O3S/c16-11-4-7-14(13(19)9-11)22-18-12-5-1-10(2-6-12)3-8-15(20)17-21/h1-9,18-19,21H,(H,17,20)/b8-3+. The van der Waals surface area contributed by atoms with Crippen LogP contribution in [-0.2, 0) is 4.79 Å². The lowest BCUT2D eigenvalue weighted by molar-refractivity contribution is -0.124. The molecule has 0 heterocycles. The molecule has 0 bridgehead atoms. The van der Waals surface area contributed by atoms with Crippen molar-refractivity contribution in [3.63, 3.8) is 0 Å². The number of benzene rings is 2. The van der Waals surface area contributed by atoms with Gasteiger partial charge in [-0.15, -0.1) is 0 Å². The Morgan fingerprint density at radius 1 is 1.18 bits per heavy atom. The summed E-state index contributed by atoms with van der Waals surface area (Å²) >= 11 is 7.04. The Kier molecular flexibility index (Phi) is 5.71. The number of hydroxylamine groups is 1. The van der Waals surface area contributed by atoms with Crippen molar-refractivity contribution in [1.82, 2.24) is 5.48 Å². The molecular formula is C15H13ClN2O3S. The predicted molar refractivity (Wildman–Crippen MR) is 88.0 cm³/mol. The first-order valence-corrected chi connectivity index (χ1v) is 7.41. The Morgan fingerprint density at radius 2 is 1.91 bits per heavy atom. The van der Waals surface area contributed by atoms with E-state index in [9.17, 15) is 9.90 Å². The Morgan fingerprint density at radius 3 is 2.55 bits per heavy atom. The molecule has 0 atom stereocenters. The van der Waals surface area contributed by atoms with Gasteiger partial charge in [0, 0.05) is 16.8 Å². The van der Waals surface area contributed by atoms with Crippen LogP contribution < -0.4 is 10.2 Å². The van der Waals surface area contributed by atoms with Gasteiger partial charge in [-0.2, -0.15) is 0 Å². The van der Waals surface area contributed by atoms with Crippen LogP contribution in [0.4, 0.5) is 5.69 Å². The van der Waals surface area contributed by atoms with Crippen LogP contribution in [0, 0.1) is 0 Å². The summed E-state index contributed by atoms with van der Waals surface area (Å²) in [6.07, 6.45) is 2.80. The van der Waals surface area contributed by atoms with Crippen LogP contribution in [0.5, 0.6) is 5.75 Å². The van der Waals surface area contributed by atoms with Gasteiger partial charge >= 0.3 is 0 Å². The van der Waals surface area contributed by atoms with E-state index >= 15 is 0 Å². The van der Waals surface area contributed by atoms with Gasteiger partial charge in [0.2, 0.25) is 0 Å². The molecular weight excluding hydrogens is 324 g/mol. The van der Waals surface area contributed by atoms with E-state index in [2.05, 4.69) is 4.72 Å². The van der Waals surface area contributed by atoms with Gasteiger partial charge in [-0.05, 0) is 53.9 Å². The van der Waals surface area contributed by atoms with Gasteiger partial charge in [0.15, 0.2) is 0 Å². The molecule has 22 heavy (non-hydrogen) atoms. The number of nitrogens with one attached hydrogen (secondary N) is 2. The number of aromatic hydroxyl groups is 1. The summed E-state index contributed by atoms with van der Waals surface area (Å²) in [5.41, 5.74) is 3.17. The van der Waals surface area contributed by atoms with Gasteiger partial charge in [-0.25, -0.2) is 5.48 Å². The molecule has 2 aromatic rings. The highest BCUT2D eigenvalue weighted by atomic mass is 35.5. The van der Waals surface area contributed by atoms with E-state index in [0.29, 0.717) is 9.92 Å². The molecule has 4 N–H and O–H groups in total. The van der Waals surface area contributed by atoms with E-state index in [1.165, 1.54) is 29.6 Å². The quantitative estimate of drug-likeness (QED) is 0.290. The summed E-state index contributed by atoms with van der Waals surface area (Å²) in [4.78, 5) is 11.5. The Bertz CT molecular complexity index is 690. The summed E-state index contributed by atoms with van der Waals surface area (Å²) in [6, 6.07) is 12.2. The van der Waals surface area contributed by atoms with Crippen LogP contribution in [-0.4, -0.2) is 16.2 Å². The zero-order valence-corrected chi connectivity index (χ0v) is 12.9. The summed E-state index contributed by atoms with van der Waals surface area (Å²) in [5, 5.41) is 18.6. The predicted octanol–water partition coefficient (Wildman–Crippen LogP) is 3.68. The number of rotatable bonds is 5. The molecule has 0 aliphatic heterocycles. The third-order valence-corrected chi connectivity index (χ3v) is 3.79. The minimum Gasteiger partial charge on any atom is -0.507 e. The molecule has 114 valence electrons. The zero-order chi connectivity index (χ0) is 15.9. The second-order valence-corrected chi connectivity index (χ2v) is 5.53. The summed E-state index contributed by atoms with van der Waals surface area (Å²) in [6.45, 7) is 0. The lowest BCUT2D eigenvalue weighted by Gasteiger charge is -2.07. The minimum absolute atomic E-state index is 0.111. The van der Waals surface area contributed by atoms with Crippen molar-refractivity contribution in [3.05, 3.63) is 59.1 Å². The Labute approximate surface area is 136 Å². The average molecular weight is 337 g/mol. The number of anilines is 1. The molecule has 0 radical (unpaired) electrons. The first kappa shape index (κ1) is 16.2. The molecule has 0 saturated heterocycles. The van der Waals surface area contributed by atoms with Gasteiger partial charge < -0.3 is 9.83 Å². The molecule has 1 amide bonds. The van der Waals surface area contributed by atoms with Crippen molar-refractivity contribution < 1.29 is 15.1 Å². The molecule has 0 aliphatic carbocycles. The first-order valence-electron chi connectivity index (χ1n) is 6.22. The van der Waals surface area contributed by atoms with Gasteiger partial charge in [-0.1, -0.05) is 23.7 Å². The normalized spacial score (nSPS) is 10.6. The molecule has 0 spiro atoms. The number of amides is 1. The molecule has 0 fully saturated rings. The average Bonchev–Trinajstić information content (AvgIpc) is 2.52. The molecule has 2 aromatic carbocycles. The third-order valence-electron chi connectivity index (χ3n) is 2.65. The molecule has 2 rings (SSSR count). The highest BCUT2D eigenvalue weighted by Crippen LogP contribution is 2.31. The topological polar surface area (TPSA) is 81.6 Å². The van der Waals surface area contributed by atoms with E-state index in [1.54, 1.807) is 18.2 Å². The Hall–Kier alpha value is -2.15. The molecule has 0 unspecified atom stereocenters. The van der Waals surface area contributed by atoms with Crippen molar-refractivity contribution in [2.45, 2.75) is 4.90 Å². The second kappa shape index (κ2) is 7.74. The van der Waals surface area contributed by atoms with Crippen LogP contribution in [0.1, 0.15) is 5.56 Å². The van der Waals surface area contributed by atoms with Crippen molar-refractivity contribution in [2.24, 2.45) is 0 Å². The minimum atomic E-state index is -0.587. The molecule has 0 saturated carbocycles. The first-order chi connectivity index (χ1) is 10.6. The summed E-state index contributed by atoms with van der Waals surface area (Å²) in [7, 11) is 0. The maximum Gasteiger partial charge on any atom is 0.267 e. The van der Waals surface area contributed by atoms with E-state index in [4.69, 9.17) is 16.8 Å². The third kappa shape index (κ3) is 4.70. The number of phenols is 1. The lowest BCUT2D eigenvalue weighted by Crippen LogP contribution is -2.14. The monoisotopic (exact) mass is 336 g/mol. The number of carbonyl (C=O) groups is 1. The van der Waals surface area contributed by atoms with Gasteiger partial charge in [-0.3, -0.25) is 10.0 Å². The largest absolute Gasteiger partial charge is 0.507 e. The van der Waals surface area contributed by atoms with Crippen molar-refractivity contribution in [1.29, 1.82) is 0 Å². The van der Waals surface area contributed by atoms with Gasteiger partial charge in [0.05, 0.1) is 4.90 Å². The van der Waals surface area contributed by atoms with E-state index in [-0.39, 0.29) is 5.75 Å². The van der Waals surface area contributed by atoms with E-state index in [1.807, 2.05) is 24.3 Å². The molecule has 7 heteroatoms. The number of halogens is 1. The van der Waals surface area contributed by atoms with Crippen LogP contribution in [0.25, 0.3) is 6.08 Å². The number of carbonyl (C=O) groups excluding carboxylic acids is 1. The maximum atomic E-state index is 10.9. The van der Waals surface area contributed by atoms with E-state index in [0.717, 1.165) is 11.3 Å². The lowest BCUT2D eigenvalue weighted by atomic mass is 10.2. The van der Waals surface area contributed by atoms with Crippen LogP contribution >= 0.6 is 23.5 Å². The van der Waals surface area contributed by atoms with Gasteiger partial charge in [0.1, 0.15) is 5.75 Å². The van der Waals surface area contributed by atoms with Crippen LogP contribution in [0.3, 0.4) is 0 Å². The smallest absolute Gasteiger partial charge is 0.267 e.